The molecule has 0 radical (unpaired) electrons. The Labute approximate surface area is 211 Å². The monoisotopic (exact) mass is 491 g/mol. The van der Waals surface area contributed by atoms with E-state index in [0.29, 0.717) is 42.1 Å². The van der Waals surface area contributed by atoms with E-state index in [0.717, 1.165) is 12.8 Å². The van der Waals surface area contributed by atoms with Crippen molar-refractivity contribution in [3.63, 3.8) is 0 Å². The molecule has 0 aliphatic carbocycles. The topological polar surface area (TPSA) is 90.4 Å². The fourth-order valence-electron chi connectivity index (χ4n) is 5.14. The summed E-state index contributed by atoms with van der Waals surface area (Å²) in [5.74, 6) is -1.79. The molecular weight excluding hydrogens is 458 g/mol. The number of rotatable bonds is 9. The summed E-state index contributed by atoms with van der Waals surface area (Å²) in [6.07, 6.45) is 2.21. The molecule has 0 saturated carbocycles. The lowest BCUT2D eigenvalue weighted by atomic mass is 9.82. The maximum atomic E-state index is 14.3. The number of anilines is 1. The zero-order chi connectivity index (χ0) is 26.0. The summed E-state index contributed by atoms with van der Waals surface area (Å²) in [7, 11) is 5.39. The molecular formula is C28H33N3O5. The number of benzene rings is 2. The van der Waals surface area contributed by atoms with Crippen molar-refractivity contribution in [1.29, 1.82) is 0 Å². The van der Waals surface area contributed by atoms with E-state index in [1.54, 1.807) is 41.3 Å². The third-order valence-electron chi connectivity index (χ3n) is 6.90. The molecule has 2 aliphatic heterocycles. The minimum Gasteiger partial charge on any atom is -0.507 e. The number of ether oxygens (including phenoxy) is 1. The van der Waals surface area contributed by atoms with Crippen LogP contribution in [-0.4, -0.2) is 73.3 Å². The molecule has 2 amide bonds. The summed E-state index contributed by atoms with van der Waals surface area (Å²) in [6, 6.07) is 13.8. The van der Waals surface area contributed by atoms with Crippen LogP contribution in [0.4, 0.5) is 5.69 Å². The first-order valence-electron chi connectivity index (χ1n) is 12.3. The molecule has 0 bridgehead atoms. The number of hydrogen-bond donors (Lipinski definition) is 1. The van der Waals surface area contributed by atoms with E-state index in [1.165, 1.54) is 12.0 Å². The number of amides is 2. The standard InChI is InChI=1S/C28H33N3O5/c1-5-6-17-30-22-11-8-7-10-21(22)28(27(30)35)23(24(32)19-12-14-20(36-4)15-13-19)25(33)26(34)31(28)18-9-16-29(2)3/h7-8,10-15,32H,5-6,9,16-18H2,1-4H3. The third kappa shape index (κ3) is 3.95. The van der Waals surface area contributed by atoms with Crippen LogP contribution in [0.25, 0.3) is 5.76 Å². The molecule has 1 spiro atoms. The molecule has 1 N–H and O–H groups in total. The van der Waals surface area contributed by atoms with Gasteiger partial charge in [-0.3, -0.25) is 14.4 Å². The predicted octanol–water partition coefficient (Wildman–Crippen LogP) is 3.37. The Morgan fingerprint density at radius 2 is 1.69 bits per heavy atom. The molecule has 1 saturated heterocycles. The Morgan fingerprint density at radius 1 is 1.00 bits per heavy atom. The summed E-state index contributed by atoms with van der Waals surface area (Å²) >= 11 is 0. The lowest BCUT2D eigenvalue weighted by Gasteiger charge is -2.34. The number of hydrogen-bond acceptors (Lipinski definition) is 6. The minimum atomic E-state index is -1.71. The van der Waals surface area contributed by atoms with Crippen LogP contribution in [0.2, 0.25) is 0 Å². The SMILES string of the molecule is CCCCN1C(=O)C2(C(=C(O)c3ccc(OC)cc3)C(=O)C(=O)N2CCCN(C)C)c2ccccc21. The Kier molecular flexibility index (Phi) is 7.17. The van der Waals surface area contributed by atoms with Crippen LogP contribution in [0.15, 0.2) is 54.1 Å². The van der Waals surface area contributed by atoms with Gasteiger partial charge in [0.05, 0.1) is 18.4 Å². The van der Waals surface area contributed by atoms with Gasteiger partial charge in [0.1, 0.15) is 11.5 Å². The van der Waals surface area contributed by atoms with Gasteiger partial charge in [0.15, 0.2) is 5.54 Å². The van der Waals surface area contributed by atoms with Gasteiger partial charge >= 0.3 is 0 Å². The Balaban J connectivity index is 1.96. The second-order valence-corrected chi connectivity index (χ2v) is 9.43. The van der Waals surface area contributed by atoms with E-state index in [9.17, 15) is 19.5 Å². The van der Waals surface area contributed by atoms with E-state index >= 15 is 0 Å². The van der Waals surface area contributed by atoms with E-state index in [4.69, 9.17) is 4.74 Å². The van der Waals surface area contributed by atoms with Gasteiger partial charge in [-0.1, -0.05) is 31.5 Å². The lowest BCUT2D eigenvalue weighted by Crippen LogP contribution is -2.52. The summed E-state index contributed by atoms with van der Waals surface area (Å²) < 4.78 is 5.21. The van der Waals surface area contributed by atoms with Crippen LogP contribution in [0.5, 0.6) is 5.75 Å². The van der Waals surface area contributed by atoms with Crippen LogP contribution in [0.1, 0.15) is 37.3 Å². The first kappa shape index (κ1) is 25.4. The van der Waals surface area contributed by atoms with Crippen molar-refractivity contribution in [2.45, 2.75) is 31.7 Å². The molecule has 8 heteroatoms. The largest absolute Gasteiger partial charge is 0.507 e. The number of unbranched alkanes of at least 4 members (excludes halogenated alkanes) is 1. The van der Waals surface area contributed by atoms with Crippen molar-refractivity contribution in [2.75, 3.05) is 45.7 Å². The zero-order valence-electron chi connectivity index (χ0n) is 21.3. The number of nitrogens with zero attached hydrogens (tertiary/aromatic N) is 3. The van der Waals surface area contributed by atoms with Gasteiger partial charge in [-0.05, 0) is 63.8 Å². The molecule has 1 unspecified atom stereocenters. The van der Waals surface area contributed by atoms with E-state index < -0.39 is 17.2 Å². The summed E-state index contributed by atoms with van der Waals surface area (Å²) in [4.78, 5) is 46.4. The van der Waals surface area contributed by atoms with Crippen LogP contribution in [0.3, 0.4) is 0 Å². The number of ketones is 1. The molecule has 0 aromatic heterocycles. The summed E-state index contributed by atoms with van der Waals surface area (Å²) in [5, 5.41) is 11.5. The minimum absolute atomic E-state index is 0.182. The molecule has 4 rings (SSSR count). The van der Waals surface area contributed by atoms with Gasteiger partial charge in [0, 0.05) is 24.2 Å². The smallest absolute Gasteiger partial charge is 0.296 e. The maximum absolute atomic E-state index is 14.3. The van der Waals surface area contributed by atoms with Crippen molar-refractivity contribution in [2.24, 2.45) is 0 Å². The molecule has 2 heterocycles. The van der Waals surface area contributed by atoms with Crippen LogP contribution in [-0.2, 0) is 19.9 Å². The number of likely N-dealkylation sites (tertiary alicyclic amines) is 1. The highest BCUT2D eigenvalue weighted by molar-refractivity contribution is 6.50. The van der Waals surface area contributed by atoms with E-state index in [2.05, 4.69) is 0 Å². The highest BCUT2D eigenvalue weighted by Crippen LogP contribution is 2.53. The highest BCUT2D eigenvalue weighted by atomic mass is 16.5. The number of carbonyl (C=O) groups excluding carboxylic acids is 3. The van der Waals surface area contributed by atoms with Gasteiger partial charge in [-0.25, -0.2) is 0 Å². The molecule has 2 aromatic rings. The summed E-state index contributed by atoms with van der Waals surface area (Å²) in [6.45, 7) is 3.37. The molecule has 8 nitrogen and oxygen atoms in total. The van der Waals surface area contributed by atoms with E-state index in [1.807, 2.05) is 38.1 Å². The molecule has 1 atom stereocenters. The fraction of sp³-hybridized carbons (Fsp3) is 0.393. The second kappa shape index (κ2) is 10.1. The van der Waals surface area contributed by atoms with Gasteiger partial charge in [0.2, 0.25) is 0 Å². The van der Waals surface area contributed by atoms with Crippen LogP contribution in [0, 0.1) is 0 Å². The number of methoxy groups -OCH3 is 1. The Morgan fingerprint density at radius 3 is 2.33 bits per heavy atom. The van der Waals surface area contributed by atoms with E-state index in [-0.39, 0.29) is 23.8 Å². The van der Waals surface area contributed by atoms with Gasteiger partial charge in [-0.15, -0.1) is 0 Å². The van der Waals surface area contributed by atoms with Crippen molar-refractivity contribution >= 4 is 29.0 Å². The molecule has 190 valence electrons. The van der Waals surface area contributed by atoms with Gasteiger partial charge in [-0.2, -0.15) is 0 Å². The zero-order valence-corrected chi connectivity index (χ0v) is 21.3. The Hall–Kier alpha value is -3.65. The van der Waals surface area contributed by atoms with Crippen molar-refractivity contribution in [3.8, 4) is 5.75 Å². The molecule has 2 aromatic carbocycles. The average Bonchev–Trinajstić information content (AvgIpc) is 3.25. The number of aliphatic hydroxyl groups excluding tert-OH is 1. The highest BCUT2D eigenvalue weighted by Gasteiger charge is 2.66. The Bertz CT molecular complexity index is 1200. The second-order valence-electron chi connectivity index (χ2n) is 9.43. The summed E-state index contributed by atoms with van der Waals surface area (Å²) in [5.41, 5.74) is -0.353. The number of carbonyl (C=O) groups is 3. The maximum Gasteiger partial charge on any atom is 0.296 e. The molecule has 36 heavy (non-hydrogen) atoms. The first-order valence-corrected chi connectivity index (χ1v) is 12.3. The predicted molar refractivity (Wildman–Crippen MR) is 138 cm³/mol. The number of para-hydroxylation sites is 1. The van der Waals surface area contributed by atoms with Crippen LogP contribution < -0.4 is 9.64 Å². The molecule has 2 aliphatic rings. The lowest BCUT2D eigenvalue weighted by molar-refractivity contribution is -0.143. The van der Waals surface area contributed by atoms with Crippen molar-refractivity contribution in [3.05, 3.63) is 65.2 Å². The normalized spacial score (nSPS) is 20.6. The number of Topliss-reactive ketones (excluding diaryl/α,β-unsaturated/α-hetero) is 1. The number of fused-ring (bicyclic) bond motifs is 2. The number of aliphatic hydroxyl groups is 1. The molecule has 1 fully saturated rings. The quantitative estimate of drug-likeness (QED) is 0.329. The first-order chi connectivity index (χ1) is 17.3. The van der Waals surface area contributed by atoms with Gasteiger partial charge in [0.25, 0.3) is 17.6 Å². The average molecular weight is 492 g/mol. The van der Waals surface area contributed by atoms with Crippen molar-refractivity contribution in [1.82, 2.24) is 9.80 Å². The van der Waals surface area contributed by atoms with Crippen molar-refractivity contribution < 1.29 is 24.2 Å². The van der Waals surface area contributed by atoms with Crippen LogP contribution >= 0.6 is 0 Å². The van der Waals surface area contributed by atoms with Gasteiger partial charge < -0.3 is 24.5 Å². The third-order valence-corrected chi connectivity index (χ3v) is 6.90. The fourth-order valence-corrected chi connectivity index (χ4v) is 5.14.